The third-order valence-corrected chi connectivity index (χ3v) is 6.08. The molecule has 5 aromatic rings. The van der Waals surface area contributed by atoms with Crippen molar-refractivity contribution < 1.29 is 0 Å². The van der Waals surface area contributed by atoms with Crippen molar-refractivity contribution in [3.8, 4) is 12.1 Å². The van der Waals surface area contributed by atoms with Gasteiger partial charge in [-0.3, -0.25) is 0 Å². The van der Waals surface area contributed by atoms with Gasteiger partial charge in [0.1, 0.15) is 0 Å². The highest BCUT2D eigenvalue weighted by atomic mass is 14.9. The summed E-state index contributed by atoms with van der Waals surface area (Å²) in [6, 6.07) is 19.2. The van der Waals surface area contributed by atoms with E-state index < -0.39 is 0 Å². The van der Waals surface area contributed by atoms with Crippen LogP contribution in [0.3, 0.4) is 0 Å². The molecule has 0 N–H and O–H groups in total. The molecule has 0 bridgehead atoms. The van der Waals surface area contributed by atoms with Crippen molar-refractivity contribution in [2.45, 2.75) is 39.5 Å². The average molecular weight is 375 g/mol. The van der Waals surface area contributed by atoms with Gasteiger partial charge in [0.25, 0.3) is 0 Å². The van der Waals surface area contributed by atoms with E-state index in [-0.39, 0.29) is 0 Å². The molecule has 29 heavy (non-hydrogen) atoms. The van der Waals surface area contributed by atoms with Crippen molar-refractivity contribution >= 4 is 38.1 Å². The van der Waals surface area contributed by atoms with Crippen molar-refractivity contribution in [3.05, 3.63) is 64.7 Å². The number of benzene rings is 3. The molecule has 140 valence electrons. The molecular formula is C26H21N3. The fraction of sp³-hybridized carbons (Fsp3) is 0.231. The molecule has 0 aliphatic heterocycles. The Morgan fingerprint density at radius 3 is 1.55 bits per heavy atom. The van der Waals surface area contributed by atoms with Crippen LogP contribution in [-0.4, -0.2) is 4.40 Å². The van der Waals surface area contributed by atoms with Crippen LogP contribution in [0.5, 0.6) is 0 Å². The molecule has 5 rings (SSSR count). The summed E-state index contributed by atoms with van der Waals surface area (Å²) in [4.78, 5) is 0. The number of aromatic nitrogens is 1. The molecule has 0 aliphatic carbocycles. The molecule has 0 fully saturated rings. The molecule has 3 heteroatoms. The van der Waals surface area contributed by atoms with Gasteiger partial charge in [0.15, 0.2) is 0 Å². The lowest BCUT2D eigenvalue weighted by Gasteiger charge is -2.11. The van der Waals surface area contributed by atoms with E-state index in [0.717, 1.165) is 11.0 Å². The lowest BCUT2D eigenvalue weighted by molar-refractivity contribution is 0.876. The highest BCUT2D eigenvalue weighted by Crippen LogP contribution is 2.44. The first-order chi connectivity index (χ1) is 14.0. The number of hydrogen-bond acceptors (Lipinski definition) is 2. The van der Waals surface area contributed by atoms with Crippen LogP contribution in [0, 0.1) is 22.7 Å². The van der Waals surface area contributed by atoms with Crippen molar-refractivity contribution in [2.24, 2.45) is 0 Å². The fourth-order valence-electron chi connectivity index (χ4n) is 4.84. The maximum atomic E-state index is 9.65. The Labute approximate surface area is 169 Å². The van der Waals surface area contributed by atoms with Crippen LogP contribution in [0.2, 0.25) is 0 Å². The molecule has 0 amide bonds. The van der Waals surface area contributed by atoms with E-state index >= 15 is 0 Å². The van der Waals surface area contributed by atoms with Gasteiger partial charge >= 0.3 is 0 Å². The molecule has 3 aromatic carbocycles. The van der Waals surface area contributed by atoms with Gasteiger partial charge in [-0.15, -0.1) is 0 Å². The predicted molar refractivity (Wildman–Crippen MR) is 119 cm³/mol. The molecular weight excluding hydrogens is 354 g/mol. The van der Waals surface area contributed by atoms with Crippen LogP contribution in [0.15, 0.2) is 42.5 Å². The smallest absolute Gasteiger partial charge is 0.0992 e. The average Bonchev–Trinajstić information content (AvgIpc) is 3.23. The van der Waals surface area contributed by atoms with E-state index in [1.165, 1.54) is 38.2 Å². The summed E-state index contributed by atoms with van der Waals surface area (Å²) in [5, 5.41) is 24.2. The second-order valence-electron chi connectivity index (χ2n) is 8.49. The first-order valence-electron chi connectivity index (χ1n) is 10.1. The summed E-state index contributed by atoms with van der Waals surface area (Å²) in [6.45, 7) is 8.70. The Balaban J connectivity index is 2.16. The third kappa shape index (κ3) is 2.22. The van der Waals surface area contributed by atoms with E-state index in [0.29, 0.717) is 23.0 Å². The Morgan fingerprint density at radius 1 is 0.724 bits per heavy atom. The van der Waals surface area contributed by atoms with Gasteiger partial charge in [-0.25, -0.2) is 0 Å². The minimum absolute atomic E-state index is 0.309. The van der Waals surface area contributed by atoms with Crippen LogP contribution in [0.4, 0.5) is 0 Å². The van der Waals surface area contributed by atoms with Gasteiger partial charge in [-0.1, -0.05) is 45.9 Å². The van der Waals surface area contributed by atoms with Crippen LogP contribution in [-0.2, 0) is 0 Å². The second-order valence-corrected chi connectivity index (χ2v) is 8.49. The monoisotopic (exact) mass is 375 g/mol. The van der Waals surface area contributed by atoms with Crippen molar-refractivity contribution in [1.29, 1.82) is 10.5 Å². The zero-order valence-corrected chi connectivity index (χ0v) is 17.0. The molecule has 0 atom stereocenters. The molecule has 2 heterocycles. The quantitative estimate of drug-likeness (QED) is 0.340. The predicted octanol–water partition coefficient (Wildman–Crippen LogP) is 6.83. The number of nitrogens with zero attached hydrogens (tertiary/aromatic N) is 3. The minimum Gasteiger partial charge on any atom is -0.308 e. The van der Waals surface area contributed by atoms with Gasteiger partial charge in [0.2, 0.25) is 0 Å². The lowest BCUT2D eigenvalue weighted by Crippen LogP contribution is -1.94. The summed E-state index contributed by atoms with van der Waals surface area (Å²) in [5.74, 6) is 0.619. The lowest BCUT2D eigenvalue weighted by atomic mass is 9.92. The van der Waals surface area contributed by atoms with Gasteiger partial charge in [0.05, 0.1) is 39.8 Å². The van der Waals surface area contributed by atoms with E-state index in [1.54, 1.807) is 0 Å². The highest BCUT2D eigenvalue weighted by Gasteiger charge is 2.23. The van der Waals surface area contributed by atoms with E-state index in [1.807, 2.05) is 24.3 Å². The highest BCUT2D eigenvalue weighted by molar-refractivity contribution is 6.24. The molecule has 3 nitrogen and oxygen atoms in total. The Morgan fingerprint density at radius 2 is 1.17 bits per heavy atom. The Kier molecular flexibility index (Phi) is 3.61. The van der Waals surface area contributed by atoms with Crippen molar-refractivity contribution in [3.63, 3.8) is 0 Å². The van der Waals surface area contributed by atoms with Crippen LogP contribution >= 0.6 is 0 Å². The molecule has 0 spiro atoms. The van der Waals surface area contributed by atoms with E-state index in [2.05, 4.69) is 62.4 Å². The summed E-state index contributed by atoms with van der Waals surface area (Å²) in [5.41, 5.74) is 7.04. The van der Waals surface area contributed by atoms with E-state index in [9.17, 15) is 10.5 Å². The molecule has 0 saturated heterocycles. The molecule has 0 aliphatic rings. The number of nitriles is 2. The van der Waals surface area contributed by atoms with Gasteiger partial charge in [0, 0.05) is 21.5 Å². The maximum Gasteiger partial charge on any atom is 0.0992 e. The normalized spacial score (nSPS) is 12.0. The first-order valence-corrected chi connectivity index (χ1v) is 10.1. The molecule has 2 aromatic heterocycles. The summed E-state index contributed by atoms with van der Waals surface area (Å²) < 4.78 is 2.27. The van der Waals surface area contributed by atoms with Crippen molar-refractivity contribution in [2.75, 3.05) is 0 Å². The number of rotatable bonds is 2. The van der Waals surface area contributed by atoms with Crippen molar-refractivity contribution in [1.82, 2.24) is 4.40 Å². The van der Waals surface area contributed by atoms with Crippen LogP contribution in [0.1, 0.15) is 61.8 Å². The topological polar surface area (TPSA) is 52.0 Å². The van der Waals surface area contributed by atoms with Crippen LogP contribution < -0.4 is 0 Å². The third-order valence-electron chi connectivity index (χ3n) is 6.08. The zero-order valence-electron chi connectivity index (χ0n) is 17.0. The second kappa shape index (κ2) is 5.97. The molecule has 0 radical (unpaired) electrons. The fourth-order valence-corrected chi connectivity index (χ4v) is 4.84. The SMILES string of the molecule is CC(C)c1cc(C#N)cc2c1c1cccc3c4c(C(C)C)cc(C#N)cc4n2c13. The summed E-state index contributed by atoms with van der Waals surface area (Å²) in [6.07, 6.45) is 0. The largest absolute Gasteiger partial charge is 0.308 e. The Bertz CT molecular complexity index is 1410. The van der Waals surface area contributed by atoms with E-state index in [4.69, 9.17) is 0 Å². The summed E-state index contributed by atoms with van der Waals surface area (Å²) in [7, 11) is 0. The van der Waals surface area contributed by atoms with Gasteiger partial charge in [-0.2, -0.15) is 10.5 Å². The van der Waals surface area contributed by atoms with Crippen LogP contribution in [0.25, 0.3) is 38.1 Å². The van der Waals surface area contributed by atoms with Gasteiger partial charge in [-0.05, 0) is 47.2 Å². The minimum atomic E-state index is 0.309. The molecule has 0 unspecified atom stereocenters. The van der Waals surface area contributed by atoms with Gasteiger partial charge < -0.3 is 4.40 Å². The number of hydrogen-bond donors (Lipinski definition) is 0. The first kappa shape index (κ1) is 17.5. The zero-order chi connectivity index (χ0) is 20.4. The number of fused-ring (bicyclic) bond motifs is 6. The number of para-hydroxylation sites is 1. The summed E-state index contributed by atoms with van der Waals surface area (Å²) >= 11 is 0. The molecule has 0 saturated carbocycles. The Hall–Kier alpha value is -3.56. The maximum absolute atomic E-state index is 9.65. The standard InChI is InChI=1S/C26H21N3/c1-14(2)20-8-16(12-27)10-22-24(20)18-6-5-7-19-25-21(15(3)4)9-17(13-28)11-23(25)29(22)26(18)19/h5-11,14-15H,1-4H3.